The van der Waals surface area contributed by atoms with Crippen molar-refractivity contribution in [1.29, 1.82) is 0 Å². The lowest BCUT2D eigenvalue weighted by atomic mass is 9.78. The number of hydrogen-bond donors (Lipinski definition) is 1. The highest BCUT2D eigenvalue weighted by molar-refractivity contribution is 5.93. The highest BCUT2D eigenvalue weighted by Crippen LogP contribution is 2.49. The quantitative estimate of drug-likeness (QED) is 0.331. The van der Waals surface area contributed by atoms with E-state index in [0.29, 0.717) is 16.9 Å². The van der Waals surface area contributed by atoms with Crippen LogP contribution in [0.15, 0.2) is 90.8 Å². The van der Waals surface area contributed by atoms with E-state index in [2.05, 4.69) is 0 Å². The van der Waals surface area contributed by atoms with Gasteiger partial charge >= 0.3 is 0 Å². The van der Waals surface area contributed by atoms with Gasteiger partial charge in [-0.2, -0.15) is 0 Å². The third kappa shape index (κ3) is 3.43. The first-order valence-corrected chi connectivity index (χ1v) is 10.1. The van der Waals surface area contributed by atoms with E-state index in [1.807, 2.05) is 36.4 Å². The summed E-state index contributed by atoms with van der Waals surface area (Å²) < 4.78 is 6.01. The summed E-state index contributed by atoms with van der Waals surface area (Å²) in [6.07, 6.45) is 0. The van der Waals surface area contributed by atoms with Gasteiger partial charge in [-0.05, 0) is 40.1 Å². The lowest BCUT2D eigenvalue weighted by molar-refractivity contribution is -0.385. The van der Waals surface area contributed by atoms with Gasteiger partial charge in [0.05, 0.1) is 9.85 Å². The minimum Gasteiger partial charge on any atom is -0.441 e. The fraction of sp³-hybridized carbons (Fsp3) is 0.0400. The Hall–Kier alpha value is -4.72. The van der Waals surface area contributed by atoms with E-state index in [4.69, 9.17) is 10.5 Å². The Morgan fingerprint density at radius 3 is 2.00 bits per heavy atom. The number of hydrogen-bond acceptors (Lipinski definition) is 6. The largest absolute Gasteiger partial charge is 0.441 e. The fourth-order valence-electron chi connectivity index (χ4n) is 4.32. The molecule has 4 aromatic carbocycles. The van der Waals surface area contributed by atoms with Gasteiger partial charge in [0.2, 0.25) is 0 Å². The zero-order chi connectivity index (χ0) is 23.1. The number of allylic oxidation sites excluding steroid dienone is 1. The first-order chi connectivity index (χ1) is 15.9. The van der Waals surface area contributed by atoms with Gasteiger partial charge in [-0.15, -0.1) is 0 Å². The molecular formula is C25H17N3O5. The van der Waals surface area contributed by atoms with E-state index in [1.165, 1.54) is 24.3 Å². The number of nitrogens with zero attached hydrogens (tertiary/aromatic N) is 2. The summed E-state index contributed by atoms with van der Waals surface area (Å²) in [7, 11) is 0. The average molecular weight is 439 g/mol. The molecule has 1 heterocycles. The topological polar surface area (TPSA) is 122 Å². The van der Waals surface area contributed by atoms with Crippen molar-refractivity contribution in [2.24, 2.45) is 5.73 Å². The number of nitrogens with two attached hydrogens (primary N) is 1. The molecule has 0 amide bonds. The molecule has 1 atom stereocenters. The van der Waals surface area contributed by atoms with Crippen LogP contribution in [0.4, 0.5) is 11.4 Å². The summed E-state index contributed by atoms with van der Waals surface area (Å²) in [5.41, 5.74) is 9.31. The first-order valence-electron chi connectivity index (χ1n) is 10.1. The van der Waals surface area contributed by atoms with Crippen LogP contribution in [0.2, 0.25) is 0 Å². The highest BCUT2D eigenvalue weighted by atomic mass is 16.6. The smallest absolute Gasteiger partial charge is 0.269 e. The molecule has 1 aliphatic heterocycles. The van der Waals surface area contributed by atoms with Gasteiger partial charge in [0.15, 0.2) is 5.88 Å². The van der Waals surface area contributed by atoms with Crippen LogP contribution in [0.25, 0.3) is 16.3 Å². The maximum Gasteiger partial charge on any atom is 0.269 e. The zero-order valence-electron chi connectivity index (χ0n) is 17.2. The van der Waals surface area contributed by atoms with Crippen LogP contribution in [0.5, 0.6) is 5.75 Å². The number of benzene rings is 4. The SMILES string of the molecule is NC1=C(c2ccc([N+](=O)[O-])cc2)C(c2ccc([N+](=O)[O-])cc2)c2c(ccc3ccccc23)O1. The van der Waals surface area contributed by atoms with Crippen LogP contribution in [0, 0.1) is 20.2 Å². The Labute approximate surface area is 187 Å². The lowest BCUT2D eigenvalue weighted by Gasteiger charge is -2.31. The summed E-state index contributed by atoms with van der Waals surface area (Å²) in [6.45, 7) is 0. The maximum absolute atomic E-state index is 11.2. The van der Waals surface area contributed by atoms with Crippen LogP contribution < -0.4 is 10.5 Å². The Morgan fingerprint density at radius 2 is 1.36 bits per heavy atom. The van der Waals surface area contributed by atoms with E-state index in [9.17, 15) is 20.2 Å². The molecule has 0 fully saturated rings. The number of nitro groups is 2. The molecule has 0 bridgehead atoms. The second-order valence-electron chi connectivity index (χ2n) is 7.66. The van der Waals surface area contributed by atoms with Crippen molar-refractivity contribution in [2.75, 3.05) is 0 Å². The van der Waals surface area contributed by atoms with Crippen molar-refractivity contribution in [3.05, 3.63) is 128 Å². The van der Waals surface area contributed by atoms with Crippen LogP contribution in [0.3, 0.4) is 0 Å². The minimum absolute atomic E-state index is 0.0159. The minimum atomic E-state index is -0.463. The van der Waals surface area contributed by atoms with E-state index in [0.717, 1.165) is 21.9 Å². The molecule has 0 aliphatic carbocycles. The highest BCUT2D eigenvalue weighted by Gasteiger charge is 2.33. The molecule has 1 aliphatic rings. The predicted octanol–water partition coefficient (Wildman–Crippen LogP) is 5.51. The van der Waals surface area contributed by atoms with Crippen molar-refractivity contribution in [3.8, 4) is 5.75 Å². The van der Waals surface area contributed by atoms with Gasteiger partial charge in [0.25, 0.3) is 11.4 Å². The normalized spacial score (nSPS) is 15.1. The third-order valence-corrected chi connectivity index (χ3v) is 5.82. The first kappa shape index (κ1) is 20.2. The van der Waals surface area contributed by atoms with Crippen molar-refractivity contribution in [3.63, 3.8) is 0 Å². The Kier molecular flexibility index (Phi) is 4.75. The number of non-ortho nitro benzene ring substituents is 2. The fourth-order valence-corrected chi connectivity index (χ4v) is 4.32. The molecule has 0 saturated carbocycles. The van der Waals surface area contributed by atoms with Crippen molar-refractivity contribution in [1.82, 2.24) is 0 Å². The summed E-state index contributed by atoms with van der Waals surface area (Å²) in [6, 6.07) is 24.1. The van der Waals surface area contributed by atoms with Gasteiger partial charge in [0, 0.05) is 41.3 Å². The molecule has 2 N–H and O–H groups in total. The van der Waals surface area contributed by atoms with Gasteiger partial charge < -0.3 is 10.5 Å². The van der Waals surface area contributed by atoms with Gasteiger partial charge in [0.1, 0.15) is 5.75 Å². The van der Waals surface area contributed by atoms with E-state index in [1.54, 1.807) is 24.3 Å². The molecule has 33 heavy (non-hydrogen) atoms. The summed E-state index contributed by atoms with van der Waals surface area (Å²) >= 11 is 0. The molecule has 4 aromatic rings. The second kappa shape index (κ2) is 7.76. The van der Waals surface area contributed by atoms with Crippen molar-refractivity contribution < 1.29 is 14.6 Å². The molecule has 8 heteroatoms. The monoisotopic (exact) mass is 439 g/mol. The van der Waals surface area contributed by atoms with E-state index >= 15 is 0 Å². The standard InChI is InChI=1S/C25H17N3O5/c26-25-23(17-7-12-19(13-8-17)28(31)32)22(16-5-10-18(11-6-16)27(29)30)24-20-4-2-1-3-15(20)9-14-21(24)33-25/h1-14,22H,26H2. The summed E-state index contributed by atoms with van der Waals surface area (Å²) in [5.74, 6) is 0.373. The number of ether oxygens (including phenoxy) is 1. The molecule has 0 aromatic heterocycles. The van der Waals surface area contributed by atoms with Gasteiger partial charge in [-0.3, -0.25) is 20.2 Å². The van der Waals surface area contributed by atoms with E-state index in [-0.39, 0.29) is 17.3 Å². The molecule has 8 nitrogen and oxygen atoms in total. The van der Waals surface area contributed by atoms with E-state index < -0.39 is 15.8 Å². The molecule has 5 rings (SSSR count). The Bertz CT molecular complexity index is 1440. The molecular weight excluding hydrogens is 422 g/mol. The van der Waals surface area contributed by atoms with Crippen LogP contribution in [-0.4, -0.2) is 9.85 Å². The summed E-state index contributed by atoms with van der Waals surface area (Å²) in [4.78, 5) is 21.4. The van der Waals surface area contributed by atoms with Crippen LogP contribution >= 0.6 is 0 Å². The molecule has 0 radical (unpaired) electrons. The van der Waals surface area contributed by atoms with Gasteiger partial charge in [-0.25, -0.2) is 0 Å². The Morgan fingerprint density at radius 1 is 0.758 bits per heavy atom. The predicted molar refractivity (Wildman–Crippen MR) is 124 cm³/mol. The lowest BCUT2D eigenvalue weighted by Crippen LogP contribution is -2.21. The second-order valence-corrected chi connectivity index (χ2v) is 7.66. The molecule has 0 spiro atoms. The van der Waals surface area contributed by atoms with Crippen LogP contribution in [-0.2, 0) is 0 Å². The summed E-state index contributed by atoms with van der Waals surface area (Å²) in [5, 5.41) is 24.3. The van der Waals surface area contributed by atoms with Crippen molar-refractivity contribution in [2.45, 2.75) is 5.92 Å². The Balaban J connectivity index is 1.76. The molecule has 162 valence electrons. The van der Waals surface area contributed by atoms with Gasteiger partial charge in [-0.1, -0.05) is 42.5 Å². The van der Waals surface area contributed by atoms with Crippen LogP contribution in [0.1, 0.15) is 22.6 Å². The molecule has 1 unspecified atom stereocenters. The maximum atomic E-state index is 11.2. The average Bonchev–Trinajstić information content (AvgIpc) is 2.83. The zero-order valence-corrected chi connectivity index (χ0v) is 17.2. The molecule has 0 saturated heterocycles. The number of rotatable bonds is 4. The third-order valence-electron chi connectivity index (χ3n) is 5.82. The number of fused-ring (bicyclic) bond motifs is 3. The number of nitro benzene ring substituents is 2. The van der Waals surface area contributed by atoms with Crippen molar-refractivity contribution >= 4 is 27.7 Å².